The number of rotatable bonds is 43. The smallest absolute Gasteiger partial charge is 0.305 e. The Morgan fingerprint density at radius 3 is 1.38 bits per heavy atom. The van der Waals surface area contributed by atoms with Crippen molar-refractivity contribution in [3.05, 3.63) is 12.2 Å². The maximum atomic E-state index is 12.4. The van der Waals surface area contributed by atoms with E-state index in [1.807, 2.05) is 0 Å². The van der Waals surface area contributed by atoms with Gasteiger partial charge in [0.15, 0.2) is 0 Å². The van der Waals surface area contributed by atoms with Gasteiger partial charge in [-0.3, -0.25) is 9.59 Å². The first-order valence-electron chi connectivity index (χ1n) is 23.4. The van der Waals surface area contributed by atoms with Gasteiger partial charge in [-0.25, -0.2) is 0 Å². The summed E-state index contributed by atoms with van der Waals surface area (Å²) in [6.07, 6.45) is 47.5. The summed E-state index contributed by atoms with van der Waals surface area (Å²) in [5.41, 5.74) is 0. The minimum Gasteiger partial charge on any atom is -0.466 e. The quantitative estimate of drug-likeness (QED) is 0.0328. The van der Waals surface area contributed by atoms with Gasteiger partial charge in [0.1, 0.15) is 0 Å². The molecule has 3 N–H and O–H groups in total. The van der Waals surface area contributed by atoms with Crippen LogP contribution in [-0.4, -0.2) is 47.4 Å². The van der Waals surface area contributed by atoms with Gasteiger partial charge in [0, 0.05) is 12.8 Å². The minimum atomic E-state index is -0.692. The van der Waals surface area contributed by atoms with Gasteiger partial charge in [0.2, 0.25) is 5.91 Å². The highest BCUT2D eigenvalue weighted by Crippen LogP contribution is 2.16. The molecule has 53 heavy (non-hydrogen) atoms. The van der Waals surface area contributed by atoms with Gasteiger partial charge in [-0.1, -0.05) is 206 Å². The van der Waals surface area contributed by atoms with Gasteiger partial charge >= 0.3 is 5.97 Å². The molecular formula is C47H91NO5. The number of carbonyl (C=O) groups excluding carboxylic acids is 2. The largest absolute Gasteiger partial charge is 0.466 e. The molecule has 0 bridgehead atoms. The highest BCUT2D eigenvalue weighted by Gasteiger charge is 2.19. The number of amides is 1. The van der Waals surface area contributed by atoms with E-state index in [0.29, 0.717) is 25.9 Å². The molecule has 2 unspecified atom stereocenters. The molecule has 1 amide bonds. The highest BCUT2D eigenvalue weighted by atomic mass is 16.5. The van der Waals surface area contributed by atoms with Crippen LogP contribution in [-0.2, 0) is 14.3 Å². The number of nitrogens with one attached hydrogen (secondary N) is 1. The Hall–Kier alpha value is -1.40. The molecular weight excluding hydrogens is 659 g/mol. The van der Waals surface area contributed by atoms with Gasteiger partial charge in [0.25, 0.3) is 0 Å². The maximum Gasteiger partial charge on any atom is 0.305 e. The summed E-state index contributed by atoms with van der Waals surface area (Å²) in [6, 6.07) is -0.576. The van der Waals surface area contributed by atoms with Crippen LogP contribution in [0.4, 0.5) is 0 Å². The number of ether oxygens (including phenoxy) is 1. The van der Waals surface area contributed by atoms with E-state index in [1.54, 1.807) is 0 Å². The number of hydrogen-bond acceptors (Lipinski definition) is 5. The van der Waals surface area contributed by atoms with Gasteiger partial charge in [0.05, 0.1) is 25.4 Å². The van der Waals surface area contributed by atoms with Crippen LogP contribution in [0.2, 0.25) is 0 Å². The van der Waals surface area contributed by atoms with E-state index >= 15 is 0 Å². The summed E-state index contributed by atoms with van der Waals surface area (Å²) in [5, 5.41) is 23.1. The Kier molecular flexibility index (Phi) is 42.2. The second-order valence-electron chi connectivity index (χ2n) is 16.1. The Morgan fingerprint density at radius 2 is 0.906 bits per heavy atom. The van der Waals surface area contributed by atoms with Crippen LogP contribution in [0.15, 0.2) is 12.2 Å². The summed E-state index contributed by atoms with van der Waals surface area (Å²) < 4.78 is 5.43. The molecule has 314 valence electrons. The zero-order chi connectivity index (χ0) is 38.7. The average Bonchev–Trinajstić information content (AvgIpc) is 3.16. The van der Waals surface area contributed by atoms with E-state index in [-0.39, 0.29) is 18.5 Å². The molecule has 0 aromatic carbocycles. The third kappa shape index (κ3) is 40.1. The Balaban J connectivity index is 3.54. The van der Waals surface area contributed by atoms with Crippen molar-refractivity contribution in [1.82, 2.24) is 5.32 Å². The van der Waals surface area contributed by atoms with Crippen molar-refractivity contribution in [2.45, 2.75) is 264 Å². The monoisotopic (exact) mass is 750 g/mol. The van der Waals surface area contributed by atoms with Crippen LogP contribution < -0.4 is 5.32 Å². The molecule has 6 nitrogen and oxygen atoms in total. The van der Waals surface area contributed by atoms with Gasteiger partial charge in [-0.15, -0.1) is 0 Å². The minimum absolute atomic E-state index is 0.0337. The third-order valence-electron chi connectivity index (χ3n) is 10.8. The van der Waals surface area contributed by atoms with Crippen molar-refractivity contribution in [2.75, 3.05) is 13.2 Å². The second-order valence-corrected chi connectivity index (χ2v) is 16.1. The van der Waals surface area contributed by atoms with Crippen LogP contribution in [0.3, 0.4) is 0 Å². The fourth-order valence-corrected chi connectivity index (χ4v) is 7.17. The molecule has 0 rings (SSSR count). The predicted octanol–water partition coefficient (Wildman–Crippen LogP) is 13.4. The van der Waals surface area contributed by atoms with Crippen LogP contribution in [0.5, 0.6) is 0 Å². The van der Waals surface area contributed by atoms with E-state index in [0.717, 1.165) is 70.6 Å². The molecule has 0 fully saturated rings. The van der Waals surface area contributed by atoms with Crippen LogP contribution in [0.25, 0.3) is 0 Å². The average molecular weight is 750 g/mol. The van der Waals surface area contributed by atoms with Crippen molar-refractivity contribution in [3.63, 3.8) is 0 Å². The molecule has 0 aliphatic carbocycles. The Labute approximate surface area is 329 Å². The van der Waals surface area contributed by atoms with Gasteiger partial charge in [-0.2, -0.15) is 0 Å². The SMILES string of the molecule is CCCCCCCCCCCCCCCCC(=O)OCCCCCC/C=C\CCCC(=O)NC(CO)C(O)CCCCCCCCCCCCCCC. The molecule has 0 aliphatic heterocycles. The van der Waals surface area contributed by atoms with Crippen molar-refractivity contribution >= 4 is 11.9 Å². The van der Waals surface area contributed by atoms with Crippen LogP contribution in [0, 0.1) is 0 Å². The van der Waals surface area contributed by atoms with Gasteiger partial charge < -0.3 is 20.3 Å². The number of hydrogen-bond donors (Lipinski definition) is 3. The van der Waals surface area contributed by atoms with Crippen molar-refractivity contribution < 1.29 is 24.5 Å². The molecule has 0 heterocycles. The fourth-order valence-electron chi connectivity index (χ4n) is 7.17. The highest BCUT2D eigenvalue weighted by molar-refractivity contribution is 5.76. The second kappa shape index (κ2) is 43.3. The van der Waals surface area contributed by atoms with Crippen molar-refractivity contribution in [3.8, 4) is 0 Å². The summed E-state index contributed by atoms with van der Waals surface area (Å²) >= 11 is 0. The maximum absolute atomic E-state index is 12.4. The van der Waals surface area contributed by atoms with E-state index in [9.17, 15) is 19.8 Å². The molecule has 0 saturated carbocycles. The number of aliphatic hydroxyl groups is 2. The summed E-state index contributed by atoms with van der Waals surface area (Å²) in [7, 11) is 0. The van der Waals surface area contributed by atoms with Crippen LogP contribution >= 0.6 is 0 Å². The summed E-state index contributed by atoms with van der Waals surface area (Å²) in [6.45, 7) is 4.86. The lowest BCUT2D eigenvalue weighted by atomic mass is 10.0. The molecule has 0 aromatic heterocycles. The van der Waals surface area contributed by atoms with Crippen molar-refractivity contribution in [2.24, 2.45) is 0 Å². The lowest BCUT2D eigenvalue weighted by Crippen LogP contribution is -2.45. The lowest BCUT2D eigenvalue weighted by Gasteiger charge is -2.22. The first-order valence-corrected chi connectivity index (χ1v) is 23.4. The predicted molar refractivity (Wildman–Crippen MR) is 227 cm³/mol. The lowest BCUT2D eigenvalue weighted by molar-refractivity contribution is -0.143. The topological polar surface area (TPSA) is 95.9 Å². The zero-order valence-corrected chi connectivity index (χ0v) is 35.5. The molecule has 6 heteroatoms. The number of allylic oxidation sites excluding steroid dienone is 2. The molecule has 0 spiro atoms. The fraction of sp³-hybridized carbons (Fsp3) is 0.915. The molecule has 0 aromatic rings. The first-order chi connectivity index (χ1) is 26.0. The molecule has 2 atom stereocenters. The summed E-state index contributed by atoms with van der Waals surface area (Å²) in [4.78, 5) is 24.4. The number of carbonyl (C=O) groups is 2. The molecule has 0 radical (unpaired) electrons. The van der Waals surface area contributed by atoms with E-state index < -0.39 is 12.1 Å². The van der Waals surface area contributed by atoms with E-state index in [1.165, 1.54) is 148 Å². The zero-order valence-electron chi connectivity index (χ0n) is 35.5. The van der Waals surface area contributed by atoms with E-state index in [4.69, 9.17) is 4.74 Å². The standard InChI is InChI=1S/C47H91NO5/c1-3-5-7-9-11-13-15-17-19-21-25-29-33-37-41-47(52)53-42-38-34-30-26-22-24-28-32-36-40-46(51)48-44(43-49)45(50)39-35-31-27-23-20-18-16-14-12-10-8-6-4-2/h24,28,44-45,49-50H,3-23,25-27,29-43H2,1-2H3,(H,48,51)/b28-24-. The first kappa shape index (κ1) is 51.6. The Morgan fingerprint density at radius 1 is 0.509 bits per heavy atom. The normalized spacial score (nSPS) is 12.8. The molecule has 0 saturated heterocycles. The Bertz CT molecular complexity index is 787. The third-order valence-corrected chi connectivity index (χ3v) is 10.8. The molecule has 0 aliphatic rings. The van der Waals surface area contributed by atoms with Gasteiger partial charge in [-0.05, 0) is 44.9 Å². The van der Waals surface area contributed by atoms with Crippen molar-refractivity contribution in [1.29, 1.82) is 0 Å². The van der Waals surface area contributed by atoms with E-state index in [2.05, 4.69) is 31.3 Å². The number of esters is 1. The number of aliphatic hydroxyl groups excluding tert-OH is 2. The summed E-state index contributed by atoms with van der Waals surface area (Å²) in [5.74, 6) is -0.129. The van der Waals surface area contributed by atoms with Crippen LogP contribution in [0.1, 0.15) is 251 Å². The number of unbranched alkanes of at least 4 members (excludes halogenated alkanes) is 30.